The summed E-state index contributed by atoms with van der Waals surface area (Å²) in [7, 11) is 0. The normalized spacial score (nSPS) is 22.9. The van der Waals surface area contributed by atoms with Gasteiger partial charge in [0.15, 0.2) is 11.6 Å². The zero-order chi connectivity index (χ0) is 16.0. The third-order valence-corrected chi connectivity index (χ3v) is 4.70. The SMILES string of the molecule is CCc1ncnc(N2C3CC2CN(c2ccnc(C)n2)C3)c1F. The quantitative estimate of drug-likeness (QED) is 0.860. The summed E-state index contributed by atoms with van der Waals surface area (Å²) < 4.78 is 14.5. The van der Waals surface area contributed by atoms with E-state index in [9.17, 15) is 4.39 Å². The number of nitrogens with zero attached hydrogens (tertiary/aromatic N) is 6. The lowest BCUT2D eigenvalue weighted by atomic mass is 9.87. The van der Waals surface area contributed by atoms with Gasteiger partial charge in [-0.05, 0) is 25.8 Å². The molecular formula is C16H19FN6. The van der Waals surface area contributed by atoms with E-state index in [1.165, 1.54) is 6.33 Å². The molecule has 3 aliphatic heterocycles. The van der Waals surface area contributed by atoms with Crippen LogP contribution in [0.4, 0.5) is 16.0 Å². The minimum atomic E-state index is -0.268. The van der Waals surface area contributed by atoms with Crippen LogP contribution in [0.2, 0.25) is 0 Å². The first-order chi connectivity index (χ1) is 11.2. The molecule has 3 fully saturated rings. The highest BCUT2D eigenvalue weighted by molar-refractivity contribution is 5.53. The summed E-state index contributed by atoms with van der Waals surface area (Å²) in [4.78, 5) is 21.2. The summed E-state index contributed by atoms with van der Waals surface area (Å²) in [6.07, 6.45) is 4.91. The van der Waals surface area contributed by atoms with E-state index >= 15 is 0 Å². The molecule has 5 heterocycles. The topological polar surface area (TPSA) is 58.0 Å². The molecule has 6 nitrogen and oxygen atoms in total. The maximum atomic E-state index is 14.5. The number of anilines is 2. The van der Waals surface area contributed by atoms with Gasteiger partial charge in [0.25, 0.3) is 0 Å². The Labute approximate surface area is 134 Å². The molecule has 0 radical (unpaired) electrons. The van der Waals surface area contributed by atoms with Crippen molar-refractivity contribution in [3.63, 3.8) is 0 Å². The zero-order valence-corrected chi connectivity index (χ0v) is 13.3. The zero-order valence-electron chi connectivity index (χ0n) is 13.3. The Morgan fingerprint density at radius 1 is 1.22 bits per heavy atom. The van der Waals surface area contributed by atoms with Crippen molar-refractivity contribution in [3.8, 4) is 0 Å². The molecule has 0 spiro atoms. The van der Waals surface area contributed by atoms with Gasteiger partial charge in [0.2, 0.25) is 0 Å². The number of hydrogen-bond donors (Lipinski definition) is 0. The van der Waals surface area contributed by atoms with E-state index in [-0.39, 0.29) is 17.9 Å². The van der Waals surface area contributed by atoms with Gasteiger partial charge in [0, 0.05) is 19.3 Å². The molecule has 0 N–H and O–H groups in total. The molecular weight excluding hydrogens is 295 g/mol. The molecule has 0 aromatic carbocycles. The van der Waals surface area contributed by atoms with E-state index in [0.717, 1.165) is 31.2 Å². The summed E-state index contributed by atoms with van der Waals surface area (Å²) in [6.45, 7) is 5.46. The maximum absolute atomic E-state index is 14.5. The molecule has 2 aromatic rings. The Kier molecular flexibility index (Phi) is 3.36. The highest BCUT2D eigenvalue weighted by Crippen LogP contribution is 2.38. The Bertz CT molecular complexity index is 724. The lowest BCUT2D eigenvalue weighted by Gasteiger charge is -2.57. The van der Waals surface area contributed by atoms with Crippen LogP contribution in [0.3, 0.4) is 0 Å². The molecule has 3 saturated heterocycles. The lowest BCUT2D eigenvalue weighted by molar-refractivity contribution is 0.283. The average molecular weight is 314 g/mol. The largest absolute Gasteiger partial charge is 0.352 e. The van der Waals surface area contributed by atoms with Gasteiger partial charge in [-0.2, -0.15) is 0 Å². The number of piperidine rings is 1. The third kappa shape index (κ3) is 2.31. The second kappa shape index (κ2) is 5.40. The highest BCUT2D eigenvalue weighted by atomic mass is 19.1. The predicted molar refractivity (Wildman–Crippen MR) is 85.0 cm³/mol. The molecule has 2 aromatic heterocycles. The standard InChI is InChI=1S/C16H19FN6/c1-3-13-15(17)16(20-9-19-13)23-11-6-12(23)8-22(7-11)14-4-5-18-10(2)21-14/h4-5,9,11-12H,3,6-8H2,1-2H3. The third-order valence-electron chi connectivity index (χ3n) is 4.70. The predicted octanol–water partition coefficient (Wildman–Crippen LogP) is 1.74. The molecule has 2 bridgehead atoms. The Balaban J connectivity index is 1.56. The fourth-order valence-corrected chi connectivity index (χ4v) is 3.58. The second-order valence-corrected chi connectivity index (χ2v) is 6.13. The first-order valence-corrected chi connectivity index (χ1v) is 7.99. The molecule has 23 heavy (non-hydrogen) atoms. The second-order valence-electron chi connectivity index (χ2n) is 6.13. The number of rotatable bonds is 3. The molecule has 0 amide bonds. The minimum Gasteiger partial charge on any atom is -0.352 e. The van der Waals surface area contributed by atoms with Crippen molar-refractivity contribution in [3.05, 3.63) is 35.9 Å². The fraction of sp³-hybridized carbons (Fsp3) is 0.500. The van der Waals surface area contributed by atoms with E-state index in [1.54, 1.807) is 6.20 Å². The van der Waals surface area contributed by atoms with Crippen LogP contribution < -0.4 is 9.80 Å². The van der Waals surface area contributed by atoms with Crippen molar-refractivity contribution >= 4 is 11.6 Å². The van der Waals surface area contributed by atoms with Crippen LogP contribution in [0.1, 0.15) is 24.9 Å². The van der Waals surface area contributed by atoms with Gasteiger partial charge in [0.05, 0.1) is 17.8 Å². The summed E-state index contributed by atoms with van der Waals surface area (Å²) in [6, 6.07) is 2.49. The van der Waals surface area contributed by atoms with Gasteiger partial charge in [0.1, 0.15) is 18.0 Å². The van der Waals surface area contributed by atoms with E-state index < -0.39 is 0 Å². The molecule has 3 aliphatic rings. The van der Waals surface area contributed by atoms with Crippen molar-refractivity contribution in [1.29, 1.82) is 0 Å². The fourth-order valence-electron chi connectivity index (χ4n) is 3.58. The number of hydrogen-bond acceptors (Lipinski definition) is 6. The molecule has 0 aliphatic carbocycles. The van der Waals surface area contributed by atoms with Crippen LogP contribution >= 0.6 is 0 Å². The summed E-state index contributed by atoms with van der Waals surface area (Å²) >= 11 is 0. The van der Waals surface area contributed by atoms with Gasteiger partial charge in [-0.25, -0.2) is 24.3 Å². The van der Waals surface area contributed by atoms with Gasteiger partial charge in [-0.1, -0.05) is 6.92 Å². The van der Waals surface area contributed by atoms with E-state index in [0.29, 0.717) is 17.9 Å². The summed E-state index contributed by atoms with van der Waals surface area (Å²) in [5, 5.41) is 0. The van der Waals surface area contributed by atoms with Crippen molar-refractivity contribution in [2.75, 3.05) is 22.9 Å². The van der Waals surface area contributed by atoms with Gasteiger partial charge >= 0.3 is 0 Å². The van der Waals surface area contributed by atoms with Crippen LogP contribution in [0.25, 0.3) is 0 Å². The maximum Gasteiger partial charge on any atom is 0.187 e. The average Bonchev–Trinajstić information content (AvgIpc) is 2.57. The van der Waals surface area contributed by atoms with Gasteiger partial charge < -0.3 is 9.80 Å². The van der Waals surface area contributed by atoms with Crippen LogP contribution in [0, 0.1) is 12.7 Å². The Hall–Kier alpha value is -2.31. The number of piperazine rings is 1. The van der Waals surface area contributed by atoms with Crippen LogP contribution in [0.5, 0.6) is 0 Å². The van der Waals surface area contributed by atoms with E-state index in [1.807, 2.05) is 19.9 Å². The molecule has 2 unspecified atom stereocenters. The van der Waals surface area contributed by atoms with Crippen LogP contribution in [-0.2, 0) is 6.42 Å². The molecule has 0 saturated carbocycles. The monoisotopic (exact) mass is 314 g/mol. The van der Waals surface area contributed by atoms with Gasteiger partial charge in [-0.3, -0.25) is 0 Å². The lowest BCUT2D eigenvalue weighted by Crippen LogP contribution is -2.69. The first kappa shape index (κ1) is 14.3. The van der Waals surface area contributed by atoms with Crippen LogP contribution in [0.15, 0.2) is 18.6 Å². The van der Waals surface area contributed by atoms with Crippen molar-refractivity contribution in [2.45, 2.75) is 38.8 Å². The Morgan fingerprint density at radius 3 is 2.70 bits per heavy atom. The number of aromatic nitrogens is 4. The molecule has 5 rings (SSSR count). The van der Waals surface area contributed by atoms with Crippen LogP contribution in [-0.4, -0.2) is 45.1 Å². The molecule has 7 heteroatoms. The molecule has 2 atom stereocenters. The van der Waals surface area contributed by atoms with Crippen molar-refractivity contribution in [1.82, 2.24) is 19.9 Å². The van der Waals surface area contributed by atoms with Crippen molar-refractivity contribution < 1.29 is 4.39 Å². The minimum absolute atomic E-state index is 0.268. The number of fused-ring (bicyclic) bond motifs is 2. The van der Waals surface area contributed by atoms with Crippen molar-refractivity contribution in [2.24, 2.45) is 0 Å². The first-order valence-electron chi connectivity index (χ1n) is 7.99. The Morgan fingerprint density at radius 2 is 2.00 bits per heavy atom. The smallest absolute Gasteiger partial charge is 0.187 e. The number of halogens is 1. The molecule has 120 valence electrons. The van der Waals surface area contributed by atoms with E-state index in [4.69, 9.17) is 0 Å². The number of aryl methyl sites for hydroxylation is 2. The van der Waals surface area contributed by atoms with Gasteiger partial charge in [-0.15, -0.1) is 0 Å². The van der Waals surface area contributed by atoms with E-state index in [2.05, 4.69) is 29.7 Å². The highest BCUT2D eigenvalue weighted by Gasteiger charge is 2.46. The summed E-state index contributed by atoms with van der Waals surface area (Å²) in [5.74, 6) is 1.91. The summed E-state index contributed by atoms with van der Waals surface area (Å²) in [5.41, 5.74) is 0.489.